The number of guanidine groups is 1. The van der Waals surface area contributed by atoms with Crippen LogP contribution in [0.3, 0.4) is 0 Å². The van der Waals surface area contributed by atoms with Crippen LogP contribution in [0.25, 0.3) is 0 Å². The molecule has 0 heterocycles. The van der Waals surface area contributed by atoms with Gasteiger partial charge < -0.3 is 20.7 Å². The summed E-state index contributed by atoms with van der Waals surface area (Å²) in [6, 6.07) is 2.16. The Bertz CT molecular complexity index is 474. The number of hydrazine groups is 1. The maximum absolute atomic E-state index is 11.6. The minimum Gasteiger partial charge on any atom is -0.504 e. The predicted molar refractivity (Wildman–Crippen MR) is 58.6 cm³/mol. The van der Waals surface area contributed by atoms with Gasteiger partial charge in [-0.05, 0) is 12.1 Å². The van der Waals surface area contributed by atoms with Crippen molar-refractivity contribution >= 4 is 11.9 Å². The molecule has 0 aromatic heterocycles. The second kappa shape index (κ2) is 4.58. The monoisotopic (exact) mass is 240 g/mol. The van der Waals surface area contributed by atoms with Crippen molar-refractivity contribution in [3.05, 3.63) is 17.7 Å². The molecule has 92 valence electrons. The minimum absolute atomic E-state index is 0.0742. The number of carbonyl (C=O) groups excluding carboxylic acids is 1. The molecule has 0 fully saturated rings. The molecule has 17 heavy (non-hydrogen) atoms. The van der Waals surface area contributed by atoms with Gasteiger partial charge in [0.25, 0.3) is 5.91 Å². The molecule has 1 aromatic rings. The normalized spacial score (nSPS) is 9.76. The van der Waals surface area contributed by atoms with Gasteiger partial charge in [-0.1, -0.05) is 0 Å². The molecule has 0 spiro atoms. The number of methoxy groups -OCH3 is 1. The smallest absolute Gasteiger partial charge is 0.275 e. The van der Waals surface area contributed by atoms with Gasteiger partial charge in [0.05, 0.1) is 7.11 Å². The third kappa shape index (κ3) is 2.37. The molecule has 7 N–H and O–H groups in total. The number of benzene rings is 1. The highest BCUT2D eigenvalue weighted by atomic mass is 16.5. The van der Waals surface area contributed by atoms with E-state index in [1.807, 2.05) is 0 Å². The van der Waals surface area contributed by atoms with Gasteiger partial charge in [0.1, 0.15) is 0 Å². The van der Waals surface area contributed by atoms with Crippen LogP contribution in [0.4, 0.5) is 0 Å². The Labute approximate surface area is 96.5 Å². The van der Waals surface area contributed by atoms with E-state index >= 15 is 0 Å². The molecule has 8 nitrogen and oxygen atoms in total. The Morgan fingerprint density at radius 2 is 2.06 bits per heavy atom. The Morgan fingerprint density at radius 1 is 1.47 bits per heavy atom. The number of rotatable bonds is 2. The number of nitrogens with two attached hydrogens (primary N) is 2. The van der Waals surface area contributed by atoms with Gasteiger partial charge in [0, 0.05) is 5.56 Å². The van der Waals surface area contributed by atoms with E-state index in [-0.39, 0.29) is 11.3 Å². The first-order chi connectivity index (χ1) is 7.88. The molecule has 0 bridgehead atoms. The first-order valence-corrected chi connectivity index (χ1v) is 4.41. The van der Waals surface area contributed by atoms with Gasteiger partial charge in [-0.3, -0.25) is 10.2 Å². The Morgan fingerprint density at radius 3 is 2.53 bits per heavy atom. The summed E-state index contributed by atoms with van der Waals surface area (Å²) in [5.74, 6) is 2.64. The van der Waals surface area contributed by atoms with Crippen LogP contribution in [0.1, 0.15) is 10.4 Å². The summed E-state index contributed by atoms with van der Waals surface area (Å²) < 4.78 is 4.75. The van der Waals surface area contributed by atoms with Gasteiger partial charge in [-0.2, -0.15) is 0 Å². The second-order valence-electron chi connectivity index (χ2n) is 3.11. The fourth-order valence-corrected chi connectivity index (χ4v) is 1.12. The van der Waals surface area contributed by atoms with Crippen LogP contribution in [0, 0.1) is 5.41 Å². The molecule has 0 saturated carbocycles. The molecule has 0 radical (unpaired) electrons. The van der Waals surface area contributed by atoms with Gasteiger partial charge in [-0.15, -0.1) is 0 Å². The summed E-state index contributed by atoms with van der Waals surface area (Å²) in [5, 5.41) is 26.1. The summed E-state index contributed by atoms with van der Waals surface area (Å²) in [7, 11) is 1.26. The molecular weight excluding hydrogens is 228 g/mol. The Hall–Kier alpha value is -2.48. The topological polar surface area (TPSA) is 146 Å². The van der Waals surface area contributed by atoms with E-state index in [0.717, 1.165) is 6.07 Å². The van der Waals surface area contributed by atoms with Crippen molar-refractivity contribution in [3.63, 3.8) is 0 Å². The number of aromatic hydroxyl groups is 2. The molecule has 0 aliphatic rings. The Kier molecular flexibility index (Phi) is 3.39. The van der Waals surface area contributed by atoms with Gasteiger partial charge >= 0.3 is 0 Å². The molecule has 0 aliphatic carbocycles. The van der Waals surface area contributed by atoms with Crippen LogP contribution >= 0.6 is 0 Å². The molecule has 0 saturated heterocycles. The van der Waals surface area contributed by atoms with Crippen molar-refractivity contribution in [2.75, 3.05) is 7.11 Å². The lowest BCUT2D eigenvalue weighted by Crippen LogP contribution is -2.46. The third-order valence-electron chi connectivity index (χ3n) is 2.00. The average molecular weight is 240 g/mol. The van der Waals surface area contributed by atoms with Crippen molar-refractivity contribution in [2.45, 2.75) is 0 Å². The molecule has 0 unspecified atom stereocenters. The molecule has 1 amide bonds. The van der Waals surface area contributed by atoms with Crippen molar-refractivity contribution in [2.24, 2.45) is 11.6 Å². The van der Waals surface area contributed by atoms with Crippen molar-refractivity contribution < 1.29 is 19.7 Å². The van der Waals surface area contributed by atoms with Crippen molar-refractivity contribution in [1.29, 1.82) is 5.41 Å². The summed E-state index contributed by atoms with van der Waals surface area (Å²) >= 11 is 0. The van der Waals surface area contributed by atoms with Crippen molar-refractivity contribution in [1.82, 2.24) is 5.01 Å². The zero-order chi connectivity index (χ0) is 13.2. The lowest BCUT2D eigenvalue weighted by molar-refractivity contribution is 0.0844. The second-order valence-corrected chi connectivity index (χ2v) is 3.11. The number of nitrogens with one attached hydrogen (secondary N) is 1. The summed E-state index contributed by atoms with van der Waals surface area (Å²) in [4.78, 5) is 11.6. The average Bonchev–Trinajstić information content (AvgIpc) is 2.30. The van der Waals surface area contributed by atoms with Gasteiger partial charge in [-0.25, -0.2) is 10.9 Å². The molecule has 8 heteroatoms. The molecule has 1 aromatic carbocycles. The highest BCUT2D eigenvalue weighted by molar-refractivity contribution is 6.04. The van der Waals surface area contributed by atoms with Crippen LogP contribution < -0.4 is 16.3 Å². The SMILES string of the molecule is COc1cc(C(=O)N(N)C(=N)N)cc(O)c1O. The van der Waals surface area contributed by atoms with Crippen LogP contribution in [-0.4, -0.2) is 34.2 Å². The molecular formula is C9H12N4O4. The Balaban J connectivity index is 3.20. The summed E-state index contributed by atoms with van der Waals surface area (Å²) in [6.07, 6.45) is 0. The summed E-state index contributed by atoms with van der Waals surface area (Å²) in [6.45, 7) is 0. The number of nitrogens with zero attached hydrogens (tertiary/aromatic N) is 1. The number of hydrogen-bond acceptors (Lipinski definition) is 6. The molecule has 0 aliphatic heterocycles. The fraction of sp³-hybridized carbons (Fsp3) is 0.111. The van der Waals surface area contributed by atoms with Gasteiger partial charge in [0.15, 0.2) is 11.5 Å². The number of hydrogen-bond donors (Lipinski definition) is 5. The first-order valence-electron chi connectivity index (χ1n) is 4.41. The maximum Gasteiger partial charge on any atom is 0.275 e. The first kappa shape index (κ1) is 12.6. The largest absolute Gasteiger partial charge is 0.504 e. The molecule has 0 atom stereocenters. The van der Waals surface area contributed by atoms with Gasteiger partial charge in [0.2, 0.25) is 11.7 Å². The maximum atomic E-state index is 11.6. The van der Waals surface area contributed by atoms with E-state index in [1.165, 1.54) is 13.2 Å². The summed E-state index contributed by atoms with van der Waals surface area (Å²) in [5.41, 5.74) is 4.96. The zero-order valence-electron chi connectivity index (χ0n) is 8.97. The quantitative estimate of drug-likeness (QED) is 0.115. The highest BCUT2D eigenvalue weighted by Gasteiger charge is 2.19. The number of phenolic OH excluding ortho intramolecular Hbond substituents is 2. The standard InChI is InChI=1S/C9H12N4O4/c1-17-6-3-4(2-5(14)7(6)15)8(16)13(12)9(10)11/h2-3,14-15H,12H2,1H3,(H3,10,11). The number of amides is 1. The van der Waals surface area contributed by atoms with E-state index in [0.29, 0.717) is 5.01 Å². The number of phenols is 2. The minimum atomic E-state index is -0.814. The number of carbonyl (C=O) groups is 1. The van der Waals surface area contributed by atoms with E-state index in [1.54, 1.807) is 0 Å². The molecule has 1 rings (SSSR count). The van der Waals surface area contributed by atoms with Crippen LogP contribution in [-0.2, 0) is 0 Å². The lowest BCUT2D eigenvalue weighted by atomic mass is 10.1. The zero-order valence-corrected chi connectivity index (χ0v) is 8.97. The van der Waals surface area contributed by atoms with E-state index in [9.17, 15) is 15.0 Å². The van der Waals surface area contributed by atoms with E-state index in [2.05, 4.69) is 0 Å². The lowest BCUT2D eigenvalue weighted by Gasteiger charge is -2.15. The van der Waals surface area contributed by atoms with E-state index < -0.39 is 23.4 Å². The van der Waals surface area contributed by atoms with Crippen LogP contribution in [0.15, 0.2) is 12.1 Å². The van der Waals surface area contributed by atoms with Crippen LogP contribution in [0.2, 0.25) is 0 Å². The van der Waals surface area contributed by atoms with Crippen molar-refractivity contribution in [3.8, 4) is 17.2 Å². The third-order valence-corrected chi connectivity index (χ3v) is 2.00. The van der Waals surface area contributed by atoms with E-state index in [4.69, 9.17) is 21.7 Å². The number of ether oxygens (including phenoxy) is 1. The fourth-order valence-electron chi connectivity index (χ4n) is 1.12. The highest BCUT2D eigenvalue weighted by Crippen LogP contribution is 2.36. The predicted octanol–water partition coefficient (Wildman–Crippen LogP) is -0.684. The van der Waals surface area contributed by atoms with Crippen LogP contribution in [0.5, 0.6) is 17.2 Å².